The Morgan fingerprint density at radius 1 is 1.23 bits per heavy atom. The number of anilines is 2. The van der Waals surface area contributed by atoms with Gasteiger partial charge in [0.2, 0.25) is 17.7 Å². The largest absolute Gasteiger partial charge is 0.465 e. The van der Waals surface area contributed by atoms with Crippen LogP contribution in [0.3, 0.4) is 0 Å². The van der Waals surface area contributed by atoms with Crippen molar-refractivity contribution in [3.8, 4) is 0 Å². The van der Waals surface area contributed by atoms with E-state index in [-0.39, 0.29) is 43.2 Å². The van der Waals surface area contributed by atoms with Crippen LogP contribution in [0, 0.1) is 12.8 Å². The van der Waals surface area contributed by atoms with Crippen molar-refractivity contribution < 1.29 is 23.9 Å². The fourth-order valence-electron chi connectivity index (χ4n) is 3.11. The predicted octanol–water partition coefficient (Wildman–Crippen LogP) is 1.67. The summed E-state index contributed by atoms with van der Waals surface area (Å²) in [6, 6.07) is 4.50. The van der Waals surface area contributed by atoms with Crippen molar-refractivity contribution in [1.29, 1.82) is 0 Å². The number of carbonyl (C=O) groups excluding carboxylic acids is 4. The van der Waals surface area contributed by atoms with Gasteiger partial charge >= 0.3 is 5.97 Å². The number of rotatable bonds is 9. The van der Waals surface area contributed by atoms with Crippen LogP contribution in [-0.2, 0) is 23.9 Å². The fraction of sp³-hybridized carbons (Fsp3) is 0.545. The van der Waals surface area contributed by atoms with E-state index in [1.807, 2.05) is 26.8 Å². The van der Waals surface area contributed by atoms with Gasteiger partial charge in [0, 0.05) is 30.9 Å². The zero-order valence-electron chi connectivity index (χ0n) is 18.6. The van der Waals surface area contributed by atoms with Crippen molar-refractivity contribution in [2.75, 3.05) is 36.9 Å². The first-order valence-electron chi connectivity index (χ1n) is 10.6. The smallest absolute Gasteiger partial charge is 0.307 e. The number of ether oxygens (including phenoxy) is 1. The van der Waals surface area contributed by atoms with Crippen molar-refractivity contribution >= 4 is 35.1 Å². The average molecular weight is 433 g/mol. The maximum Gasteiger partial charge on any atom is 0.307 e. The first kappa shape index (κ1) is 24.3. The highest BCUT2D eigenvalue weighted by Gasteiger charge is 2.33. The molecule has 0 aliphatic carbocycles. The van der Waals surface area contributed by atoms with Crippen molar-refractivity contribution in [3.63, 3.8) is 0 Å². The molecule has 2 rings (SSSR count). The van der Waals surface area contributed by atoms with Crippen LogP contribution < -0.4 is 16.0 Å². The molecule has 1 fully saturated rings. The number of amides is 3. The second-order valence-electron chi connectivity index (χ2n) is 8.04. The Hall–Kier alpha value is -2.94. The van der Waals surface area contributed by atoms with E-state index in [0.29, 0.717) is 30.9 Å². The lowest BCUT2D eigenvalue weighted by molar-refractivity contribution is -0.149. The van der Waals surface area contributed by atoms with Crippen molar-refractivity contribution in [1.82, 2.24) is 10.2 Å². The number of aryl methyl sites for hydroxylation is 1. The van der Waals surface area contributed by atoms with Crippen molar-refractivity contribution in [3.05, 3.63) is 23.8 Å². The third kappa shape index (κ3) is 7.67. The van der Waals surface area contributed by atoms with Crippen LogP contribution in [-0.4, -0.2) is 60.9 Å². The lowest BCUT2D eigenvalue weighted by Gasteiger charge is -2.33. The molecule has 9 nitrogen and oxygen atoms in total. The van der Waals surface area contributed by atoms with Gasteiger partial charge in [0.15, 0.2) is 0 Å². The van der Waals surface area contributed by atoms with Crippen LogP contribution in [0.4, 0.5) is 11.4 Å². The van der Waals surface area contributed by atoms with E-state index in [1.165, 1.54) is 0 Å². The molecule has 0 spiro atoms. The predicted molar refractivity (Wildman–Crippen MR) is 118 cm³/mol. The Bertz CT molecular complexity index is 824. The first-order valence-corrected chi connectivity index (χ1v) is 10.6. The number of benzene rings is 1. The molecule has 1 atom stereocenters. The number of carbonyl (C=O) groups is 4. The summed E-state index contributed by atoms with van der Waals surface area (Å²) < 4.78 is 5.19. The van der Waals surface area contributed by atoms with E-state index in [1.54, 1.807) is 24.0 Å². The molecule has 31 heavy (non-hydrogen) atoms. The minimum Gasteiger partial charge on any atom is -0.465 e. The molecule has 0 aromatic heterocycles. The van der Waals surface area contributed by atoms with Crippen LogP contribution in [0.2, 0.25) is 0 Å². The summed E-state index contributed by atoms with van der Waals surface area (Å²) in [5.74, 6) is -0.978. The highest BCUT2D eigenvalue weighted by Crippen LogP contribution is 2.21. The number of nitrogens with zero attached hydrogens (tertiary/aromatic N) is 1. The van der Waals surface area contributed by atoms with Crippen LogP contribution in [0.25, 0.3) is 0 Å². The average Bonchev–Trinajstić information content (AvgIpc) is 2.71. The number of hydrogen-bond acceptors (Lipinski definition) is 6. The fourth-order valence-corrected chi connectivity index (χ4v) is 3.11. The molecule has 1 unspecified atom stereocenters. The molecule has 0 bridgehead atoms. The van der Waals surface area contributed by atoms with Crippen molar-refractivity contribution in [2.24, 2.45) is 5.92 Å². The summed E-state index contributed by atoms with van der Waals surface area (Å²) in [5, 5.41) is 8.33. The van der Waals surface area contributed by atoms with Gasteiger partial charge in [-0.05, 0) is 30.5 Å². The zero-order valence-corrected chi connectivity index (χ0v) is 18.6. The lowest BCUT2D eigenvalue weighted by atomic mass is 10.1. The number of hydrogen-bond donors (Lipinski definition) is 3. The topological polar surface area (TPSA) is 117 Å². The van der Waals surface area contributed by atoms with Gasteiger partial charge in [-0.2, -0.15) is 0 Å². The summed E-state index contributed by atoms with van der Waals surface area (Å²) >= 11 is 0. The number of esters is 1. The molecule has 0 radical (unpaired) electrons. The highest BCUT2D eigenvalue weighted by atomic mass is 16.5. The molecule has 0 saturated carbocycles. The molecule has 1 aromatic rings. The Morgan fingerprint density at radius 2 is 1.97 bits per heavy atom. The van der Waals surface area contributed by atoms with Crippen LogP contribution in [0.1, 0.15) is 39.2 Å². The monoisotopic (exact) mass is 432 g/mol. The normalized spacial score (nSPS) is 16.5. The Kier molecular flexibility index (Phi) is 8.99. The lowest BCUT2D eigenvalue weighted by Crippen LogP contribution is -2.57. The quantitative estimate of drug-likeness (QED) is 0.511. The van der Waals surface area contributed by atoms with Gasteiger partial charge < -0.3 is 20.7 Å². The number of piperazine rings is 1. The summed E-state index contributed by atoms with van der Waals surface area (Å²) in [4.78, 5) is 50.4. The second kappa shape index (κ2) is 11.5. The summed E-state index contributed by atoms with van der Waals surface area (Å²) in [6.07, 6.45) is 0.248. The molecule has 1 heterocycles. The molecular weight excluding hydrogens is 400 g/mol. The standard InChI is InChI=1S/C22H32N4O5/c1-5-19(27)25-17-10-16(7-6-15(17)4)24-20(28)12-26-9-8-23-22(30)18(26)11-21(29)31-13-14(2)3/h6-7,10,14,18H,5,8-9,11-13H2,1-4H3,(H,23,30)(H,24,28)(H,25,27). The maximum absolute atomic E-state index is 12.6. The molecule has 1 aromatic carbocycles. The van der Waals surface area contributed by atoms with E-state index in [0.717, 1.165) is 5.56 Å². The van der Waals surface area contributed by atoms with Crippen LogP contribution in [0.5, 0.6) is 0 Å². The van der Waals surface area contributed by atoms with Gasteiger partial charge in [-0.25, -0.2) is 0 Å². The van der Waals surface area contributed by atoms with E-state index >= 15 is 0 Å². The van der Waals surface area contributed by atoms with Gasteiger partial charge in [0.25, 0.3) is 0 Å². The second-order valence-corrected chi connectivity index (χ2v) is 8.04. The Morgan fingerprint density at radius 3 is 2.65 bits per heavy atom. The van der Waals surface area contributed by atoms with Gasteiger partial charge in [0.05, 0.1) is 19.6 Å². The minimum absolute atomic E-state index is 0.0416. The molecule has 170 valence electrons. The van der Waals surface area contributed by atoms with E-state index in [4.69, 9.17) is 4.74 Å². The van der Waals surface area contributed by atoms with Gasteiger partial charge in [-0.15, -0.1) is 0 Å². The third-order valence-corrected chi connectivity index (χ3v) is 4.84. The van der Waals surface area contributed by atoms with E-state index < -0.39 is 12.0 Å². The zero-order chi connectivity index (χ0) is 23.0. The van der Waals surface area contributed by atoms with Gasteiger partial charge in [-0.3, -0.25) is 24.1 Å². The summed E-state index contributed by atoms with van der Waals surface area (Å²) in [7, 11) is 0. The SMILES string of the molecule is CCC(=O)Nc1cc(NC(=O)CN2CCNC(=O)C2CC(=O)OCC(C)C)ccc1C. The Balaban J connectivity index is 2.00. The van der Waals surface area contributed by atoms with Crippen LogP contribution >= 0.6 is 0 Å². The molecule has 3 amide bonds. The molecule has 3 N–H and O–H groups in total. The Labute approximate surface area is 182 Å². The minimum atomic E-state index is -0.753. The third-order valence-electron chi connectivity index (χ3n) is 4.84. The molecule has 9 heteroatoms. The molecule has 1 saturated heterocycles. The first-order chi connectivity index (χ1) is 14.7. The number of nitrogens with one attached hydrogen (secondary N) is 3. The summed E-state index contributed by atoms with van der Waals surface area (Å²) in [6.45, 7) is 8.60. The molecule has 1 aliphatic heterocycles. The molecule has 1 aliphatic rings. The van der Waals surface area contributed by atoms with Crippen LogP contribution in [0.15, 0.2) is 18.2 Å². The van der Waals surface area contributed by atoms with E-state index in [2.05, 4.69) is 16.0 Å². The van der Waals surface area contributed by atoms with Gasteiger partial charge in [0.1, 0.15) is 6.04 Å². The highest BCUT2D eigenvalue weighted by molar-refractivity contribution is 5.96. The summed E-state index contributed by atoms with van der Waals surface area (Å²) in [5.41, 5.74) is 2.05. The van der Waals surface area contributed by atoms with E-state index in [9.17, 15) is 19.2 Å². The maximum atomic E-state index is 12.6. The van der Waals surface area contributed by atoms with Gasteiger partial charge in [-0.1, -0.05) is 26.8 Å². The van der Waals surface area contributed by atoms with Crippen molar-refractivity contribution in [2.45, 2.75) is 46.6 Å². The molecular formula is C22H32N4O5.